The summed E-state index contributed by atoms with van der Waals surface area (Å²) >= 11 is 1.28. The molecule has 0 fully saturated rings. The fraction of sp³-hybridized carbons (Fsp3) is 0.154. The van der Waals surface area contributed by atoms with Gasteiger partial charge < -0.3 is 9.47 Å². The van der Waals surface area contributed by atoms with E-state index in [2.05, 4.69) is 20.7 Å². The molecule has 1 heterocycles. The second kappa shape index (κ2) is 11.3. The molecule has 1 N–H and O–H groups in total. The number of carbonyl (C=O) groups is 1. The molecule has 0 bridgehead atoms. The minimum absolute atomic E-state index is 0.117. The maximum Gasteiger partial charge on any atom is 0.250 e. The molecule has 35 heavy (non-hydrogen) atoms. The number of hydrazone groups is 1. The largest absolute Gasteiger partial charge is 0.497 e. The highest BCUT2D eigenvalue weighted by molar-refractivity contribution is 7.99. The first kappa shape index (κ1) is 24.0. The molecule has 0 saturated heterocycles. The van der Waals surface area contributed by atoms with Gasteiger partial charge in [0.2, 0.25) is 0 Å². The number of hydrogen-bond donors (Lipinski definition) is 1. The number of nitrogens with one attached hydrogen (secondary N) is 1. The van der Waals surface area contributed by atoms with Gasteiger partial charge in [0.25, 0.3) is 5.91 Å². The molecule has 1 aromatic heterocycles. The van der Waals surface area contributed by atoms with Gasteiger partial charge in [-0.3, -0.25) is 9.36 Å². The van der Waals surface area contributed by atoms with Crippen LogP contribution in [0.25, 0.3) is 17.1 Å². The van der Waals surface area contributed by atoms with E-state index >= 15 is 0 Å². The maximum absolute atomic E-state index is 12.5. The van der Waals surface area contributed by atoms with E-state index in [9.17, 15) is 4.79 Å². The van der Waals surface area contributed by atoms with Gasteiger partial charge in [-0.05, 0) is 43.3 Å². The zero-order valence-corrected chi connectivity index (χ0v) is 20.5. The van der Waals surface area contributed by atoms with E-state index in [1.54, 1.807) is 20.4 Å². The Morgan fingerprint density at radius 2 is 1.74 bits per heavy atom. The Hall–Kier alpha value is -4.11. The topological polar surface area (TPSA) is 90.6 Å². The van der Waals surface area contributed by atoms with Gasteiger partial charge in [0.15, 0.2) is 11.0 Å². The predicted octanol–water partition coefficient (Wildman–Crippen LogP) is 4.50. The van der Waals surface area contributed by atoms with Gasteiger partial charge in [-0.25, -0.2) is 5.43 Å². The second-order valence-electron chi connectivity index (χ2n) is 7.53. The molecular formula is C26H25N5O3S. The van der Waals surface area contributed by atoms with Crippen molar-refractivity contribution in [2.45, 2.75) is 12.1 Å². The van der Waals surface area contributed by atoms with Crippen LogP contribution in [0.2, 0.25) is 0 Å². The smallest absolute Gasteiger partial charge is 0.250 e. The van der Waals surface area contributed by atoms with Crippen molar-refractivity contribution in [1.29, 1.82) is 0 Å². The molecular weight excluding hydrogens is 462 g/mol. The van der Waals surface area contributed by atoms with Crippen molar-refractivity contribution >= 4 is 23.9 Å². The van der Waals surface area contributed by atoms with Gasteiger partial charge in [-0.1, -0.05) is 53.7 Å². The summed E-state index contributed by atoms with van der Waals surface area (Å²) in [4.78, 5) is 12.5. The average Bonchev–Trinajstić information content (AvgIpc) is 3.32. The standard InChI is InChI=1S/C26H25N5O3S/c1-18-8-10-19(11-9-18)25-29-30-26(31(25)21-12-14-22(33-2)15-13-21)35-17-24(32)28-27-16-20-6-4-5-7-23(20)34-3/h4-16H,17H2,1-3H3,(H,28,32). The van der Waals surface area contributed by atoms with Gasteiger partial charge in [-0.2, -0.15) is 5.10 Å². The number of thioether (sulfide) groups is 1. The summed E-state index contributed by atoms with van der Waals surface area (Å²) in [5.74, 6) is 1.97. The summed E-state index contributed by atoms with van der Waals surface area (Å²) in [6.45, 7) is 2.04. The molecule has 0 aliphatic rings. The van der Waals surface area contributed by atoms with E-state index in [4.69, 9.17) is 9.47 Å². The summed E-state index contributed by atoms with van der Waals surface area (Å²) in [5.41, 5.74) is 6.27. The van der Waals surface area contributed by atoms with Crippen molar-refractivity contribution in [3.63, 3.8) is 0 Å². The lowest BCUT2D eigenvalue weighted by atomic mass is 10.1. The van der Waals surface area contributed by atoms with E-state index < -0.39 is 0 Å². The van der Waals surface area contributed by atoms with Crippen molar-refractivity contribution in [1.82, 2.24) is 20.2 Å². The number of amides is 1. The Bertz CT molecular complexity index is 1320. The Kier molecular flexibility index (Phi) is 7.79. The number of carbonyl (C=O) groups excluding carboxylic acids is 1. The summed E-state index contributed by atoms with van der Waals surface area (Å²) in [6, 6.07) is 23.1. The molecule has 1 amide bonds. The second-order valence-corrected chi connectivity index (χ2v) is 8.47. The van der Waals surface area contributed by atoms with Crippen LogP contribution in [0.1, 0.15) is 11.1 Å². The highest BCUT2D eigenvalue weighted by Crippen LogP contribution is 2.29. The summed E-state index contributed by atoms with van der Waals surface area (Å²) < 4.78 is 12.5. The van der Waals surface area contributed by atoms with Gasteiger partial charge in [-0.15, -0.1) is 10.2 Å². The lowest BCUT2D eigenvalue weighted by Crippen LogP contribution is -2.20. The summed E-state index contributed by atoms with van der Waals surface area (Å²) in [5, 5.41) is 13.4. The van der Waals surface area contributed by atoms with Crippen molar-refractivity contribution < 1.29 is 14.3 Å². The first-order valence-corrected chi connectivity index (χ1v) is 11.8. The molecule has 9 heteroatoms. The lowest BCUT2D eigenvalue weighted by Gasteiger charge is -2.11. The fourth-order valence-corrected chi connectivity index (χ4v) is 4.07. The van der Waals surface area contributed by atoms with Crippen molar-refractivity contribution in [2.24, 2.45) is 5.10 Å². The molecule has 0 aliphatic heterocycles. The van der Waals surface area contributed by atoms with Crippen LogP contribution in [0.15, 0.2) is 83.1 Å². The molecule has 8 nitrogen and oxygen atoms in total. The Morgan fingerprint density at radius 1 is 1.00 bits per heavy atom. The number of aryl methyl sites for hydroxylation is 1. The van der Waals surface area contributed by atoms with Gasteiger partial charge in [0.05, 0.1) is 26.2 Å². The highest BCUT2D eigenvalue weighted by atomic mass is 32.2. The molecule has 0 saturated carbocycles. The number of para-hydroxylation sites is 1. The third kappa shape index (κ3) is 5.88. The molecule has 0 aliphatic carbocycles. The van der Waals surface area contributed by atoms with E-state index in [0.29, 0.717) is 16.7 Å². The third-order valence-electron chi connectivity index (χ3n) is 5.14. The van der Waals surface area contributed by atoms with Crippen LogP contribution in [0.3, 0.4) is 0 Å². The van der Waals surface area contributed by atoms with Crippen LogP contribution >= 0.6 is 11.8 Å². The molecule has 0 spiro atoms. The maximum atomic E-state index is 12.5. The zero-order chi connectivity index (χ0) is 24.6. The molecule has 0 atom stereocenters. The van der Waals surface area contributed by atoms with E-state index in [-0.39, 0.29) is 11.7 Å². The van der Waals surface area contributed by atoms with Crippen LogP contribution in [-0.2, 0) is 4.79 Å². The highest BCUT2D eigenvalue weighted by Gasteiger charge is 2.17. The van der Waals surface area contributed by atoms with Crippen LogP contribution < -0.4 is 14.9 Å². The number of benzene rings is 3. The third-order valence-corrected chi connectivity index (χ3v) is 6.07. The van der Waals surface area contributed by atoms with E-state index in [1.165, 1.54) is 11.8 Å². The summed E-state index contributed by atoms with van der Waals surface area (Å²) in [7, 11) is 3.22. The molecule has 4 rings (SSSR count). The van der Waals surface area contributed by atoms with Gasteiger partial charge in [0.1, 0.15) is 11.5 Å². The SMILES string of the molecule is COc1ccc(-n2c(SCC(=O)NN=Cc3ccccc3OC)nnc2-c2ccc(C)cc2)cc1. The fourth-order valence-electron chi connectivity index (χ4n) is 3.33. The molecule has 0 radical (unpaired) electrons. The minimum atomic E-state index is -0.262. The summed E-state index contributed by atoms with van der Waals surface area (Å²) in [6.07, 6.45) is 1.55. The van der Waals surface area contributed by atoms with Crippen molar-refractivity contribution in [3.8, 4) is 28.6 Å². The molecule has 4 aromatic rings. The van der Waals surface area contributed by atoms with Gasteiger partial charge in [0, 0.05) is 16.8 Å². The Labute approximate surface area is 208 Å². The Balaban J connectivity index is 1.52. The number of methoxy groups -OCH3 is 2. The number of ether oxygens (including phenoxy) is 2. The van der Waals surface area contributed by atoms with E-state index in [0.717, 1.165) is 28.1 Å². The van der Waals surface area contributed by atoms with Crippen molar-refractivity contribution in [3.05, 3.63) is 83.9 Å². The Morgan fingerprint density at radius 3 is 2.46 bits per heavy atom. The van der Waals surface area contributed by atoms with Crippen LogP contribution in [0.5, 0.6) is 11.5 Å². The first-order valence-electron chi connectivity index (χ1n) is 10.8. The normalized spacial score (nSPS) is 10.9. The van der Waals surface area contributed by atoms with Crippen LogP contribution in [0.4, 0.5) is 0 Å². The van der Waals surface area contributed by atoms with Crippen LogP contribution in [-0.4, -0.2) is 46.9 Å². The first-order chi connectivity index (χ1) is 17.1. The lowest BCUT2D eigenvalue weighted by molar-refractivity contribution is -0.118. The van der Waals surface area contributed by atoms with Crippen LogP contribution in [0, 0.1) is 6.92 Å². The van der Waals surface area contributed by atoms with E-state index in [1.807, 2.05) is 84.3 Å². The number of hydrogen-bond acceptors (Lipinski definition) is 7. The minimum Gasteiger partial charge on any atom is -0.497 e. The molecule has 0 unspecified atom stereocenters. The van der Waals surface area contributed by atoms with Crippen molar-refractivity contribution in [2.75, 3.05) is 20.0 Å². The zero-order valence-electron chi connectivity index (χ0n) is 19.6. The number of rotatable bonds is 9. The molecule has 3 aromatic carbocycles. The number of nitrogens with zero attached hydrogens (tertiary/aromatic N) is 4. The molecule has 178 valence electrons. The van der Waals surface area contributed by atoms with Gasteiger partial charge >= 0.3 is 0 Å². The number of aromatic nitrogens is 3. The average molecular weight is 488 g/mol. The quantitative estimate of drug-likeness (QED) is 0.212. The predicted molar refractivity (Wildman–Crippen MR) is 138 cm³/mol. The monoisotopic (exact) mass is 487 g/mol.